The highest BCUT2D eigenvalue weighted by Crippen LogP contribution is 2.23. The van der Waals surface area contributed by atoms with E-state index in [4.69, 9.17) is 17.0 Å². The predicted octanol–water partition coefficient (Wildman–Crippen LogP) is 3.97. The topological polar surface area (TPSA) is 27.1 Å². The Bertz CT molecular complexity index is 374. The van der Waals surface area contributed by atoms with Crippen molar-refractivity contribution in [2.45, 2.75) is 26.8 Å². The van der Waals surface area contributed by atoms with E-state index in [0.29, 0.717) is 5.84 Å². The molecule has 0 aliphatic heterocycles. The van der Waals surface area contributed by atoms with Crippen LogP contribution in [0.5, 0.6) is 0 Å². The monoisotopic (exact) mass is 238 g/mol. The normalized spacial score (nSPS) is 12.6. The van der Waals surface area contributed by atoms with Crippen molar-refractivity contribution in [2.75, 3.05) is 7.05 Å². The van der Waals surface area contributed by atoms with Crippen molar-refractivity contribution in [1.82, 2.24) is 4.90 Å². The molecule has 2 nitrogen and oxygen atoms in total. The van der Waals surface area contributed by atoms with Crippen LogP contribution in [0.25, 0.3) is 0 Å². The molecule has 0 saturated carbocycles. The molecule has 3 heteroatoms. The van der Waals surface area contributed by atoms with Gasteiger partial charge in [0, 0.05) is 18.0 Å². The molecule has 0 radical (unpaired) electrons. The summed E-state index contributed by atoms with van der Waals surface area (Å²) in [5, 5.41) is 8.72. The zero-order valence-electron chi connectivity index (χ0n) is 10.3. The Balaban J connectivity index is 2.85. The summed E-state index contributed by atoms with van der Waals surface area (Å²) in [5.41, 5.74) is 1.14. The number of hydrogen-bond acceptors (Lipinski definition) is 1. The molecule has 16 heavy (non-hydrogen) atoms. The number of amidine groups is 1. The largest absolute Gasteiger partial charge is 0.357 e. The number of halogens is 1. The average Bonchev–Trinajstić information content (AvgIpc) is 2.26. The van der Waals surface area contributed by atoms with Gasteiger partial charge in [0.05, 0.1) is 11.9 Å². The van der Waals surface area contributed by atoms with Crippen molar-refractivity contribution in [3.63, 3.8) is 0 Å². The molecular weight excluding hydrogens is 220 g/mol. The van der Waals surface area contributed by atoms with Crippen molar-refractivity contribution >= 4 is 17.4 Å². The van der Waals surface area contributed by atoms with Gasteiger partial charge in [-0.3, -0.25) is 5.41 Å². The molecule has 1 unspecified atom stereocenters. The number of hydrogen-bond donors (Lipinski definition) is 1. The molecule has 0 amide bonds. The molecule has 0 aliphatic carbocycles. The van der Waals surface area contributed by atoms with Crippen molar-refractivity contribution in [1.29, 1.82) is 5.41 Å². The molecule has 1 N–H and O–H groups in total. The van der Waals surface area contributed by atoms with E-state index in [1.165, 1.54) is 0 Å². The van der Waals surface area contributed by atoms with Gasteiger partial charge in [-0.15, -0.1) is 0 Å². The van der Waals surface area contributed by atoms with Gasteiger partial charge in [0.1, 0.15) is 0 Å². The van der Waals surface area contributed by atoms with Gasteiger partial charge in [-0.05, 0) is 24.6 Å². The molecule has 0 fully saturated rings. The van der Waals surface area contributed by atoms with E-state index in [1.807, 2.05) is 50.1 Å². The van der Waals surface area contributed by atoms with Crippen molar-refractivity contribution in [2.24, 2.45) is 5.92 Å². The predicted molar refractivity (Wildman–Crippen MR) is 70.2 cm³/mol. The standard InChI is InChI=1S/C13H19ClN2/c1-9(2)13(15)16(4)10(3)11-6-5-7-12(14)8-11/h5-10,15H,1-4H3. The fourth-order valence-corrected chi connectivity index (χ4v) is 1.80. The first-order chi connectivity index (χ1) is 7.43. The third-order valence-electron chi connectivity index (χ3n) is 2.84. The van der Waals surface area contributed by atoms with E-state index in [-0.39, 0.29) is 12.0 Å². The highest BCUT2D eigenvalue weighted by Gasteiger charge is 2.16. The smallest absolute Gasteiger partial charge is 0.0986 e. The van der Waals surface area contributed by atoms with Crippen LogP contribution in [0.15, 0.2) is 24.3 Å². The molecule has 1 atom stereocenters. The molecule has 1 aromatic carbocycles. The molecule has 0 bridgehead atoms. The Hall–Kier alpha value is -1.02. The first kappa shape index (κ1) is 13.0. The van der Waals surface area contributed by atoms with Gasteiger partial charge in [-0.1, -0.05) is 37.6 Å². The quantitative estimate of drug-likeness (QED) is 0.626. The van der Waals surface area contributed by atoms with E-state index in [0.717, 1.165) is 10.6 Å². The Kier molecular flexibility index (Phi) is 4.36. The molecule has 88 valence electrons. The van der Waals surface area contributed by atoms with Crippen LogP contribution in [-0.2, 0) is 0 Å². The Morgan fingerprint density at radius 3 is 2.44 bits per heavy atom. The maximum atomic E-state index is 7.98. The second-order valence-corrected chi connectivity index (χ2v) is 4.82. The lowest BCUT2D eigenvalue weighted by molar-refractivity contribution is 0.381. The minimum Gasteiger partial charge on any atom is -0.357 e. The van der Waals surface area contributed by atoms with E-state index in [1.54, 1.807) is 0 Å². The van der Waals surface area contributed by atoms with Gasteiger partial charge in [-0.25, -0.2) is 0 Å². The van der Waals surface area contributed by atoms with Gasteiger partial charge >= 0.3 is 0 Å². The summed E-state index contributed by atoms with van der Waals surface area (Å²) in [5.74, 6) is 0.888. The fourth-order valence-electron chi connectivity index (χ4n) is 1.61. The summed E-state index contributed by atoms with van der Waals surface area (Å²) < 4.78 is 0. The average molecular weight is 239 g/mol. The molecule has 0 spiro atoms. The van der Waals surface area contributed by atoms with Crippen LogP contribution in [0.1, 0.15) is 32.4 Å². The summed E-state index contributed by atoms with van der Waals surface area (Å²) in [6, 6.07) is 7.98. The molecule has 0 aliphatic rings. The van der Waals surface area contributed by atoms with Gasteiger partial charge in [0.25, 0.3) is 0 Å². The first-order valence-corrected chi connectivity index (χ1v) is 5.88. The lowest BCUT2D eigenvalue weighted by Crippen LogP contribution is -2.32. The van der Waals surface area contributed by atoms with Crippen LogP contribution < -0.4 is 0 Å². The summed E-state index contributed by atoms with van der Waals surface area (Å²) in [4.78, 5) is 1.98. The number of nitrogens with one attached hydrogen (secondary N) is 1. The second-order valence-electron chi connectivity index (χ2n) is 4.38. The highest BCUT2D eigenvalue weighted by molar-refractivity contribution is 6.30. The maximum absolute atomic E-state index is 7.98. The number of nitrogens with zero attached hydrogens (tertiary/aromatic N) is 1. The lowest BCUT2D eigenvalue weighted by atomic mass is 10.1. The third-order valence-corrected chi connectivity index (χ3v) is 3.07. The molecule has 0 aromatic heterocycles. The van der Waals surface area contributed by atoms with Crippen molar-refractivity contribution < 1.29 is 0 Å². The summed E-state index contributed by atoms with van der Waals surface area (Å²) in [6.07, 6.45) is 0. The SMILES string of the molecule is CC(C)C(=N)N(C)C(C)c1cccc(Cl)c1. The number of rotatable bonds is 3. The summed E-state index contributed by atoms with van der Waals surface area (Å²) >= 11 is 5.96. The molecule has 0 saturated heterocycles. The number of benzene rings is 1. The van der Waals surface area contributed by atoms with Gasteiger partial charge in [-0.2, -0.15) is 0 Å². The van der Waals surface area contributed by atoms with E-state index < -0.39 is 0 Å². The van der Waals surface area contributed by atoms with Gasteiger partial charge in [0.2, 0.25) is 0 Å². The van der Waals surface area contributed by atoms with Crippen LogP contribution in [0.2, 0.25) is 5.02 Å². The minimum atomic E-state index is 0.175. The second kappa shape index (κ2) is 5.35. The lowest BCUT2D eigenvalue weighted by Gasteiger charge is -2.29. The Labute approximate surface area is 103 Å². The summed E-state index contributed by atoms with van der Waals surface area (Å²) in [7, 11) is 1.95. The zero-order chi connectivity index (χ0) is 12.3. The van der Waals surface area contributed by atoms with Gasteiger partial charge in [0.15, 0.2) is 0 Å². The van der Waals surface area contributed by atoms with Crippen molar-refractivity contribution in [3.8, 4) is 0 Å². The fraction of sp³-hybridized carbons (Fsp3) is 0.462. The van der Waals surface area contributed by atoms with Crippen LogP contribution >= 0.6 is 11.6 Å². The van der Waals surface area contributed by atoms with Crippen LogP contribution in [0.3, 0.4) is 0 Å². The molecular formula is C13H19ClN2. The van der Waals surface area contributed by atoms with Crippen LogP contribution in [-0.4, -0.2) is 17.8 Å². The van der Waals surface area contributed by atoms with E-state index in [9.17, 15) is 0 Å². The molecule has 1 rings (SSSR count). The third kappa shape index (κ3) is 2.99. The molecule has 0 heterocycles. The van der Waals surface area contributed by atoms with E-state index in [2.05, 4.69) is 6.92 Å². The Morgan fingerprint density at radius 1 is 1.31 bits per heavy atom. The summed E-state index contributed by atoms with van der Waals surface area (Å²) in [6.45, 7) is 6.15. The van der Waals surface area contributed by atoms with E-state index >= 15 is 0 Å². The van der Waals surface area contributed by atoms with Gasteiger partial charge < -0.3 is 4.90 Å². The Morgan fingerprint density at radius 2 is 1.94 bits per heavy atom. The minimum absolute atomic E-state index is 0.175. The highest BCUT2D eigenvalue weighted by atomic mass is 35.5. The first-order valence-electron chi connectivity index (χ1n) is 5.50. The zero-order valence-corrected chi connectivity index (χ0v) is 11.0. The van der Waals surface area contributed by atoms with Crippen molar-refractivity contribution in [3.05, 3.63) is 34.9 Å². The maximum Gasteiger partial charge on any atom is 0.0986 e. The molecule has 1 aromatic rings. The van der Waals surface area contributed by atoms with Crippen LogP contribution in [0, 0.1) is 11.3 Å². The van der Waals surface area contributed by atoms with Crippen LogP contribution in [0.4, 0.5) is 0 Å².